The second kappa shape index (κ2) is 6.43. The molecule has 1 aliphatic heterocycles. The monoisotopic (exact) mass is 362 g/mol. The molecule has 1 heterocycles. The molecule has 0 saturated carbocycles. The summed E-state index contributed by atoms with van der Waals surface area (Å²) in [6.45, 7) is 3.49. The lowest BCUT2D eigenvalue weighted by atomic mass is 10.0. The smallest absolute Gasteiger partial charge is 0.240 e. The van der Waals surface area contributed by atoms with E-state index in [-0.39, 0.29) is 10.8 Å². The first-order valence-electron chi connectivity index (χ1n) is 6.53. The van der Waals surface area contributed by atoms with Crippen LogP contribution < -0.4 is 10.5 Å². The van der Waals surface area contributed by atoms with Gasteiger partial charge in [-0.1, -0.05) is 15.9 Å². The van der Waals surface area contributed by atoms with Crippen molar-refractivity contribution >= 4 is 31.6 Å². The maximum atomic E-state index is 12.4. The maximum Gasteiger partial charge on any atom is 0.240 e. The van der Waals surface area contributed by atoms with Gasteiger partial charge in [-0.05, 0) is 43.4 Å². The largest absolute Gasteiger partial charge is 0.398 e. The van der Waals surface area contributed by atoms with Crippen molar-refractivity contribution in [1.82, 2.24) is 4.72 Å². The van der Waals surface area contributed by atoms with Gasteiger partial charge in [0, 0.05) is 23.3 Å². The van der Waals surface area contributed by atoms with Crippen molar-refractivity contribution in [2.24, 2.45) is 5.92 Å². The SMILES string of the molecule is Cc1c(N)cc(Br)cc1S(=O)(=O)NCC1CCCOC1. The summed E-state index contributed by atoms with van der Waals surface area (Å²) in [5.74, 6) is 0.239. The molecule has 0 spiro atoms. The minimum absolute atomic E-state index is 0.223. The lowest BCUT2D eigenvalue weighted by Crippen LogP contribution is -2.33. The fourth-order valence-electron chi connectivity index (χ4n) is 2.23. The number of nitrogens with two attached hydrogens (primary N) is 1. The molecule has 0 bridgehead atoms. The van der Waals surface area contributed by atoms with Crippen molar-refractivity contribution in [1.29, 1.82) is 0 Å². The fraction of sp³-hybridized carbons (Fsp3) is 0.538. The van der Waals surface area contributed by atoms with E-state index in [0.717, 1.165) is 19.4 Å². The molecule has 1 atom stereocenters. The molecule has 1 saturated heterocycles. The molecule has 112 valence electrons. The number of hydrogen-bond donors (Lipinski definition) is 2. The number of halogens is 1. The number of nitrogens with one attached hydrogen (secondary N) is 1. The highest BCUT2D eigenvalue weighted by Gasteiger charge is 2.21. The lowest BCUT2D eigenvalue weighted by Gasteiger charge is -2.22. The van der Waals surface area contributed by atoms with E-state index in [1.807, 2.05) is 0 Å². The lowest BCUT2D eigenvalue weighted by molar-refractivity contribution is 0.0568. The second-order valence-corrected chi connectivity index (χ2v) is 7.70. The number of nitrogen functional groups attached to an aromatic ring is 1. The Kier molecular flexibility index (Phi) is 5.06. The van der Waals surface area contributed by atoms with Gasteiger partial charge in [0.15, 0.2) is 0 Å². The van der Waals surface area contributed by atoms with Crippen LogP contribution in [-0.4, -0.2) is 28.2 Å². The summed E-state index contributed by atoms with van der Waals surface area (Å²) in [6, 6.07) is 3.27. The van der Waals surface area contributed by atoms with E-state index in [4.69, 9.17) is 10.5 Å². The average Bonchev–Trinajstić information content (AvgIpc) is 2.42. The van der Waals surface area contributed by atoms with Crippen LogP contribution in [0.25, 0.3) is 0 Å². The highest BCUT2D eigenvalue weighted by atomic mass is 79.9. The van der Waals surface area contributed by atoms with Crippen LogP contribution in [0.5, 0.6) is 0 Å². The molecule has 1 aromatic carbocycles. The van der Waals surface area contributed by atoms with Gasteiger partial charge in [-0.15, -0.1) is 0 Å². The summed E-state index contributed by atoms with van der Waals surface area (Å²) < 4.78 is 33.4. The quantitative estimate of drug-likeness (QED) is 0.803. The van der Waals surface area contributed by atoms with E-state index in [1.165, 1.54) is 0 Å². The third kappa shape index (κ3) is 3.72. The van der Waals surface area contributed by atoms with Crippen LogP contribution >= 0.6 is 15.9 Å². The maximum absolute atomic E-state index is 12.4. The van der Waals surface area contributed by atoms with Crippen molar-refractivity contribution in [2.45, 2.75) is 24.7 Å². The molecule has 1 fully saturated rings. The molecule has 2 rings (SSSR count). The standard InChI is InChI=1S/C13H19BrN2O3S/c1-9-12(15)5-11(14)6-13(9)20(17,18)16-7-10-3-2-4-19-8-10/h5-6,10,16H,2-4,7-8,15H2,1H3. The fourth-order valence-corrected chi connectivity index (χ4v) is 4.27. The van der Waals surface area contributed by atoms with Crippen LogP contribution in [0.3, 0.4) is 0 Å². The van der Waals surface area contributed by atoms with Crippen LogP contribution in [0.4, 0.5) is 5.69 Å². The molecule has 7 heteroatoms. The normalized spacial score (nSPS) is 20.0. The summed E-state index contributed by atoms with van der Waals surface area (Å²) in [5.41, 5.74) is 6.84. The molecule has 3 N–H and O–H groups in total. The van der Waals surface area contributed by atoms with E-state index < -0.39 is 10.0 Å². The Morgan fingerprint density at radius 2 is 2.25 bits per heavy atom. The number of ether oxygens (including phenoxy) is 1. The Morgan fingerprint density at radius 1 is 1.50 bits per heavy atom. The van der Waals surface area contributed by atoms with Crippen molar-refractivity contribution in [3.05, 3.63) is 22.2 Å². The van der Waals surface area contributed by atoms with E-state index in [0.29, 0.717) is 28.9 Å². The minimum atomic E-state index is -3.55. The van der Waals surface area contributed by atoms with Crippen molar-refractivity contribution in [2.75, 3.05) is 25.5 Å². The van der Waals surface area contributed by atoms with Crippen LogP contribution in [0.1, 0.15) is 18.4 Å². The number of sulfonamides is 1. The number of rotatable bonds is 4. The van der Waals surface area contributed by atoms with E-state index in [2.05, 4.69) is 20.7 Å². The van der Waals surface area contributed by atoms with Gasteiger partial charge in [0.2, 0.25) is 10.0 Å². The van der Waals surface area contributed by atoms with Gasteiger partial charge in [0.1, 0.15) is 0 Å². The number of benzene rings is 1. The molecule has 5 nitrogen and oxygen atoms in total. The van der Waals surface area contributed by atoms with Gasteiger partial charge < -0.3 is 10.5 Å². The van der Waals surface area contributed by atoms with Crippen molar-refractivity contribution < 1.29 is 13.2 Å². The van der Waals surface area contributed by atoms with Crippen LogP contribution in [0.2, 0.25) is 0 Å². The molecular formula is C13H19BrN2O3S. The predicted octanol–water partition coefficient (Wildman–Crippen LogP) is 2.04. The molecule has 0 amide bonds. The Hall–Kier alpha value is -0.630. The molecule has 0 radical (unpaired) electrons. The highest BCUT2D eigenvalue weighted by Crippen LogP contribution is 2.26. The first kappa shape index (κ1) is 15.8. The van der Waals surface area contributed by atoms with Gasteiger partial charge >= 0.3 is 0 Å². The van der Waals surface area contributed by atoms with Crippen molar-refractivity contribution in [3.63, 3.8) is 0 Å². The molecule has 20 heavy (non-hydrogen) atoms. The summed E-state index contributed by atoms with van der Waals surface area (Å²) >= 11 is 3.28. The Labute approximate surface area is 128 Å². The average molecular weight is 363 g/mol. The van der Waals surface area contributed by atoms with E-state index >= 15 is 0 Å². The van der Waals surface area contributed by atoms with E-state index in [1.54, 1.807) is 19.1 Å². The summed E-state index contributed by atoms with van der Waals surface area (Å²) in [7, 11) is -3.55. The Bertz CT molecular complexity index is 584. The zero-order valence-electron chi connectivity index (χ0n) is 11.4. The molecule has 1 aliphatic rings. The topological polar surface area (TPSA) is 81.4 Å². The first-order valence-corrected chi connectivity index (χ1v) is 8.81. The first-order chi connectivity index (χ1) is 9.40. The van der Waals surface area contributed by atoms with Gasteiger partial charge in [0.05, 0.1) is 11.5 Å². The molecule has 0 aliphatic carbocycles. The zero-order valence-corrected chi connectivity index (χ0v) is 13.8. The molecule has 1 aromatic rings. The van der Waals surface area contributed by atoms with Crippen LogP contribution in [-0.2, 0) is 14.8 Å². The number of hydrogen-bond acceptors (Lipinski definition) is 4. The summed E-state index contributed by atoms with van der Waals surface area (Å²) in [5, 5.41) is 0. The minimum Gasteiger partial charge on any atom is -0.398 e. The summed E-state index contributed by atoms with van der Waals surface area (Å²) in [6.07, 6.45) is 1.97. The molecule has 1 unspecified atom stereocenters. The van der Waals surface area contributed by atoms with E-state index in [9.17, 15) is 8.42 Å². The molecular weight excluding hydrogens is 344 g/mol. The predicted molar refractivity (Wildman–Crippen MR) is 82.0 cm³/mol. The van der Waals surface area contributed by atoms with Gasteiger partial charge in [-0.3, -0.25) is 0 Å². The van der Waals surface area contributed by atoms with Crippen LogP contribution in [0, 0.1) is 12.8 Å². The highest BCUT2D eigenvalue weighted by molar-refractivity contribution is 9.10. The van der Waals surface area contributed by atoms with Crippen LogP contribution in [0.15, 0.2) is 21.5 Å². The number of anilines is 1. The van der Waals surface area contributed by atoms with Gasteiger partial charge in [-0.2, -0.15) is 0 Å². The van der Waals surface area contributed by atoms with Gasteiger partial charge in [-0.25, -0.2) is 13.1 Å². The third-order valence-electron chi connectivity index (χ3n) is 3.47. The summed E-state index contributed by atoms with van der Waals surface area (Å²) in [4.78, 5) is 0.223. The third-order valence-corrected chi connectivity index (χ3v) is 5.48. The Morgan fingerprint density at radius 3 is 2.90 bits per heavy atom. The second-order valence-electron chi connectivity index (χ2n) is 5.05. The molecule has 0 aromatic heterocycles. The zero-order chi connectivity index (χ0) is 14.8. The van der Waals surface area contributed by atoms with Gasteiger partial charge in [0.25, 0.3) is 0 Å². The van der Waals surface area contributed by atoms with Crippen molar-refractivity contribution in [3.8, 4) is 0 Å². The Balaban J connectivity index is 2.14.